The van der Waals surface area contributed by atoms with E-state index in [1.165, 1.54) is 32.4 Å². The molecule has 8 nitrogen and oxygen atoms in total. The molecule has 2 aromatic carbocycles. The first-order valence-corrected chi connectivity index (χ1v) is 11.9. The Kier molecular flexibility index (Phi) is 6.50. The highest BCUT2D eigenvalue weighted by molar-refractivity contribution is 6.26. The van der Waals surface area contributed by atoms with E-state index in [-0.39, 0.29) is 29.3 Å². The molecule has 0 unspecified atom stereocenters. The second-order valence-corrected chi connectivity index (χ2v) is 8.81. The number of benzene rings is 2. The number of hydrogen-bond acceptors (Lipinski definition) is 7. The third kappa shape index (κ3) is 4.64. The first-order chi connectivity index (χ1) is 17.0. The van der Waals surface area contributed by atoms with Gasteiger partial charge in [-0.05, 0) is 50.2 Å². The van der Waals surface area contributed by atoms with Gasteiger partial charge < -0.3 is 24.8 Å². The fraction of sp³-hybridized carbons (Fsp3) is 0.346. The lowest BCUT2D eigenvalue weighted by Crippen LogP contribution is -2.38. The number of hydrogen-bond donors (Lipinski definition) is 2. The summed E-state index contributed by atoms with van der Waals surface area (Å²) in [6.07, 6.45) is 3.61. The third-order valence-electron chi connectivity index (χ3n) is 6.55. The van der Waals surface area contributed by atoms with E-state index < -0.39 is 5.82 Å². The number of para-hydroxylation sites is 1. The maximum atomic E-state index is 14.7. The highest BCUT2D eigenvalue weighted by atomic mass is 19.1. The summed E-state index contributed by atoms with van der Waals surface area (Å²) in [6.45, 7) is 3.41. The fourth-order valence-electron chi connectivity index (χ4n) is 4.75. The average Bonchev–Trinajstić information content (AvgIpc) is 3.20. The quantitative estimate of drug-likeness (QED) is 0.541. The van der Waals surface area contributed by atoms with E-state index in [9.17, 15) is 14.0 Å². The second-order valence-electron chi connectivity index (χ2n) is 8.81. The first-order valence-electron chi connectivity index (χ1n) is 11.9. The van der Waals surface area contributed by atoms with Gasteiger partial charge in [0.25, 0.3) is 5.56 Å². The molecule has 0 amide bonds. The number of H-pyrrole nitrogens is 1. The topological polar surface area (TPSA) is 90.6 Å². The number of anilines is 1. The number of methoxy groups -OCH3 is 1. The van der Waals surface area contributed by atoms with Gasteiger partial charge >= 0.3 is 0 Å². The summed E-state index contributed by atoms with van der Waals surface area (Å²) in [7, 11) is 1.54. The molecular weight excluding hydrogens is 449 g/mol. The molecule has 3 heterocycles. The number of nitrogens with one attached hydrogen (secondary N) is 2. The minimum absolute atomic E-state index is 0.0534. The molecule has 0 spiro atoms. The van der Waals surface area contributed by atoms with Gasteiger partial charge in [0.05, 0.1) is 30.2 Å². The molecule has 0 bridgehead atoms. The van der Waals surface area contributed by atoms with E-state index >= 15 is 0 Å². The van der Waals surface area contributed by atoms with Gasteiger partial charge in [-0.1, -0.05) is 18.6 Å². The van der Waals surface area contributed by atoms with E-state index in [0.717, 1.165) is 19.6 Å². The lowest BCUT2D eigenvalue weighted by molar-refractivity contribution is -0.112. The molecule has 0 aliphatic carbocycles. The van der Waals surface area contributed by atoms with Crippen LogP contribution in [0, 0.1) is 5.82 Å². The third-order valence-corrected chi connectivity index (χ3v) is 6.55. The predicted octanol–water partition coefficient (Wildman–Crippen LogP) is 2.90. The lowest BCUT2D eigenvalue weighted by atomic mass is 10.1. The second kappa shape index (κ2) is 9.87. The molecule has 2 aliphatic rings. The SMILES string of the molecule is COc1ccc2c(=O)[nH]c(C3=C(NCCN4CCCCC4)N(c4ccccc4F)CC3=O)nc2c1. The molecule has 1 fully saturated rings. The van der Waals surface area contributed by atoms with Crippen LogP contribution >= 0.6 is 0 Å². The molecule has 0 saturated carbocycles. The molecule has 1 saturated heterocycles. The number of nitrogens with zero attached hydrogens (tertiary/aromatic N) is 3. The summed E-state index contributed by atoms with van der Waals surface area (Å²) in [6, 6.07) is 11.3. The highest BCUT2D eigenvalue weighted by Crippen LogP contribution is 2.32. The molecule has 35 heavy (non-hydrogen) atoms. The molecule has 0 radical (unpaired) electrons. The minimum atomic E-state index is -0.429. The lowest BCUT2D eigenvalue weighted by Gasteiger charge is -2.28. The molecule has 3 aromatic rings. The van der Waals surface area contributed by atoms with Gasteiger partial charge in [0.2, 0.25) is 0 Å². The molecule has 2 aliphatic heterocycles. The monoisotopic (exact) mass is 477 g/mol. The molecule has 182 valence electrons. The Morgan fingerprint density at radius 1 is 1.11 bits per heavy atom. The van der Waals surface area contributed by atoms with Crippen LogP contribution in [-0.4, -0.2) is 60.5 Å². The largest absolute Gasteiger partial charge is 0.497 e. The van der Waals surface area contributed by atoms with E-state index in [4.69, 9.17) is 4.74 Å². The Labute approximate surface area is 202 Å². The fourth-order valence-corrected chi connectivity index (χ4v) is 4.75. The van der Waals surface area contributed by atoms with Gasteiger partial charge in [-0.3, -0.25) is 9.59 Å². The van der Waals surface area contributed by atoms with Crippen molar-refractivity contribution in [3.05, 3.63) is 70.3 Å². The molecule has 1 aromatic heterocycles. The number of ether oxygens (including phenoxy) is 1. The molecule has 0 atom stereocenters. The number of rotatable bonds is 7. The van der Waals surface area contributed by atoms with Gasteiger partial charge in [0.15, 0.2) is 5.78 Å². The first kappa shape index (κ1) is 23.0. The number of carbonyl (C=O) groups is 1. The number of aromatic nitrogens is 2. The standard InChI is InChI=1S/C26H28FN5O3/c1-35-17-9-10-18-20(15-17)29-24(30-26(18)34)23-22(33)16-32(21-8-4-3-7-19(21)27)25(23)28-11-14-31-12-5-2-6-13-31/h3-4,7-10,15,28H,2,5-6,11-14,16H2,1H3,(H,29,30,34). The minimum Gasteiger partial charge on any atom is -0.497 e. The van der Waals surface area contributed by atoms with Crippen molar-refractivity contribution < 1.29 is 13.9 Å². The maximum Gasteiger partial charge on any atom is 0.259 e. The Bertz CT molecular complexity index is 1350. The van der Waals surface area contributed by atoms with Crippen molar-refractivity contribution in [2.75, 3.05) is 44.7 Å². The zero-order valence-corrected chi connectivity index (χ0v) is 19.6. The van der Waals surface area contributed by atoms with Crippen LogP contribution in [0.25, 0.3) is 16.5 Å². The summed E-state index contributed by atoms with van der Waals surface area (Å²) >= 11 is 0. The van der Waals surface area contributed by atoms with E-state index in [1.54, 1.807) is 41.3 Å². The zero-order chi connectivity index (χ0) is 24.4. The number of ketones is 1. The van der Waals surface area contributed by atoms with Crippen LogP contribution in [-0.2, 0) is 4.79 Å². The van der Waals surface area contributed by atoms with Gasteiger partial charge in [0.1, 0.15) is 28.8 Å². The van der Waals surface area contributed by atoms with Crippen molar-refractivity contribution in [2.24, 2.45) is 0 Å². The Morgan fingerprint density at radius 3 is 2.69 bits per heavy atom. The van der Waals surface area contributed by atoms with Crippen molar-refractivity contribution in [1.29, 1.82) is 0 Å². The number of halogens is 1. The summed E-state index contributed by atoms with van der Waals surface area (Å²) in [5, 5.41) is 3.76. The Hall–Kier alpha value is -3.72. The summed E-state index contributed by atoms with van der Waals surface area (Å²) in [5.41, 5.74) is 0.597. The Morgan fingerprint density at radius 2 is 1.91 bits per heavy atom. The van der Waals surface area contributed by atoms with Crippen LogP contribution < -0.4 is 20.5 Å². The predicted molar refractivity (Wildman–Crippen MR) is 133 cm³/mol. The van der Waals surface area contributed by atoms with Gasteiger partial charge in [0, 0.05) is 19.2 Å². The summed E-state index contributed by atoms with van der Waals surface area (Å²) < 4.78 is 20.0. The molecule has 2 N–H and O–H groups in total. The number of piperidine rings is 1. The van der Waals surface area contributed by atoms with E-state index in [2.05, 4.69) is 20.2 Å². The molecule has 9 heteroatoms. The van der Waals surface area contributed by atoms with Crippen molar-refractivity contribution in [3.8, 4) is 5.75 Å². The van der Waals surface area contributed by atoms with Crippen LogP contribution in [0.4, 0.5) is 10.1 Å². The zero-order valence-electron chi connectivity index (χ0n) is 19.6. The van der Waals surface area contributed by atoms with Crippen molar-refractivity contribution in [2.45, 2.75) is 19.3 Å². The number of Topliss-reactive ketones (excluding diaryl/α,β-unsaturated/α-hetero) is 1. The van der Waals surface area contributed by atoms with E-state index in [1.807, 2.05) is 0 Å². The Balaban J connectivity index is 1.56. The van der Waals surface area contributed by atoms with Crippen molar-refractivity contribution in [1.82, 2.24) is 20.2 Å². The number of aromatic amines is 1. The highest BCUT2D eigenvalue weighted by Gasteiger charge is 2.34. The average molecular weight is 478 g/mol. The normalized spacial score (nSPS) is 16.9. The smallest absolute Gasteiger partial charge is 0.259 e. The van der Waals surface area contributed by atoms with Crippen LogP contribution in [0.5, 0.6) is 5.75 Å². The van der Waals surface area contributed by atoms with Gasteiger partial charge in [-0.15, -0.1) is 0 Å². The van der Waals surface area contributed by atoms with Crippen LogP contribution in [0.2, 0.25) is 0 Å². The van der Waals surface area contributed by atoms with Crippen molar-refractivity contribution >= 4 is 27.9 Å². The van der Waals surface area contributed by atoms with Crippen LogP contribution in [0.15, 0.2) is 53.1 Å². The number of carbonyl (C=O) groups excluding carboxylic acids is 1. The van der Waals surface area contributed by atoms with Gasteiger partial charge in [-0.25, -0.2) is 9.37 Å². The molecule has 5 rings (SSSR count). The summed E-state index contributed by atoms with van der Waals surface area (Å²) in [4.78, 5) is 37.4. The molecular formula is C26H28FN5O3. The number of fused-ring (bicyclic) bond motifs is 1. The number of likely N-dealkylation sites (tertiary alicyclic amines) is 1. The maximum absolute atomic E-state index is 14.7. The van der Waals surface area contributed by atoms with Crippen LogP contribution in [0.3, 0.4) is 0 Å². The van der Waals surface area contributed by atoms with E-state index in [0.29, 0.717) is 34.7 Å². The van der Waals surface area contributed by atoms with Gasteiger partial charge in [-0.2, -0.15) is 0 Å². The van der Waals surface area contributed by atoms with Crippen LogP contribution in [0.1, 0.15) is 25.1 Å². The summed E-state index contributed by atoms with van der Waals surface area (Å²) in [5.74, 6) is 0.476. The van der Waals surface area contributed by atoms with Crippen molar-refractivity contribution in [3.63, 3.8) is 0 Å².